The maximum Gasteiger partial charge on any atom is 0.0484 e. The Morgan fingerprint density at radius 2 is 2.21 bits per heavy atom. The van der Waals surface area contributed by atoms with Gasteiger partial charge < -0.3 is 0 Å². The van der Waals surface area contributed by atoms with Gasteiger partial charge in [0.1, 0.15) is 0 Å². The lowest BCUT2D eigenvalue weighted by Gasteiger charge is -2.13. The van der Waals surface area contributed by atoms with Crippen LogP contribution in [0.25, 0.3) is 5.57 Å². The molecule has 0 amide bonds. The van der Waals surface area contributed by atoms with Gasteiger partial charge in [-0.15, -0.1) is 0 Å². The maximum atomic E-state index is 4.33. The minimum Gasteiger partial charge on any atom is -0.261 e. The second kappa shape index (κ2) is 5.38. The summed E-state index contributed by atoms with van der Waals surface area (Å²) in [5.74, 6) is 0. The third kappa shape index (κ3) is 2.11. The van der Waals surface area contributed by atoms with Crippen LogP contribution in [0.2, 0.25) is 0 Å². The molecule has 1 aromatic rings. The van der Waals surface area contributed by atoms with Gasteiger partial charge in [-0.25, -0.2) is 0 Å². The number of allylic oxidation sites excluding steroid dienone is 3. The molecule has 14 heavy (non-hydrogen) atoms. The van der Waals surface area contributed by atoms with E-state index >= 15 is 0 Å². The molecule has 0 N–H and O–H groups in total. The third-order valence-corrected chi connectivity index (χ3v) is 2.17. The minimum atomic E-state index is 1.06. The monoisotopic (exact) mass is 187 g/mol. The van der Waals surface area contributed by atoms with Crippen molar-refractivity contribution >= 4 is 5.57 Å². The lowest BCUT2D eigenvalue weighted by Crippen LogP contribution is -2.00. The lowest BCUT2D eigenvalue weighted by atomic mass is 9.95. The molecule has 0 radical (unpaired) electrons. The summed E-state index contributed by atoms with van der Waals surface area (Å²) in [6.07, 6.45) is 8.13. The Hall–Kier alpha value is -1.37. The summed E-state index contributed by atoms with van der Waals surface area (Å²) >= 11 is 0. The molecule has 0 atom stereocenters. The zero-order valence-corrected chi connectivity index (χ0v) is 8.96. The Labute approximate surface area is 86.2 Å². The van der Waals surface area contributed by atoms with Gasteiger partial charge in [0.25, 0.3) is 0 Å². The summed E-state index contributed by atoms with van der Waals surface area (Å²) in [5, 5.41) is 0. The highest BCUT2D eigenvalue weighted by Crippen LogP contribution is 2.24. The molecule has 1 aliphatic rings. The van der Waals surface area contributed by atoms with E-state index in [4.69, 9.17) is 0 Å². The Balaban J connectivity index is 0.000000461. The Morgan fingerprint density at radius 3 is 2.93 bits per heavy atom. The minimum absolute atomic E-state index is 1.06. The van der Waals surface area contributed by atoms with Gasteiger partial charge in [-0.3, -0.25) is 4.98 Å². The fourth-order valence-corrected chi connectivity index (χ4v) is 1.57. The van der Waals surface area contributed by atoms with Gasteiger partial charge in [0.15, 0.2) is 0 Å². The number of aryl methyl sites for hydroxylation is 1. The number of aromatic nitrogens is 1. The van der Waals surface area contributed by atoms with Crippen molar-refractivity contribution in [2.75, 3.05) is 0 Å². The van der Waals surface area contributed by atoms with Crippen LogP contribution in [-0.4, -0.2) is 4.98 Å². The van der Waals surface area contributed by atoms with Crippen molar-refractivity contribution in [1.82, 2.24) is 4.98 Å². The Bertz CT molecular complexity index is 337. The second-order valence-corrected chi connectivity index (χ2v) is 2.90. The van der Waals surface area contributed by atoms with Crippen molar-refractivity contribution in [1.29, 1.82) is 0 Å². The predicted octanol–water partition coefficient (Wildman–Crippen LogP) is 3.62. The molecule has 0 aliphatic heterocycles. The predicted molar refractivity (Wildman–Crippen MR) is 62.1 cm³/mol. The summed E-state index contributed by atoms with van der Waals surface area (Å²) in [7, 11) is 0. The summed E-state index contributed by atoms with van der Waals surface area (Å²) in [6, 6.07) is 4.08. The van der Waals surface area contributed by atoms with Gasteiger partial charge >= 0.3 is 0 Å². The Morgan fingerprint density at radius 1 is 1.43 bits per heavy atom. The van der Waals surface area contributed by atoms with Crippen molar-refractivity contribution in [3.05, 3.63) is 48.3 Å². The fourth-order valence-electron chi connectivity index (χ4n) is 1.57. The molecule has 0 saturated carbocycles. The van der Waals surface area contributed by atoms with E-state index in [9.17, 15) is 0 Å². The zero-order chi connectivity index (χ0) is 10.4. The smallest absolute Gasteiger partial charge is 0.0484 e. The SMILES string of the molecule is C=CC1=CCCc2ncccc21.CC. The number of hydrogen-bond donors (Lipinski definition) is 0. The number of rotatable bonds is 1. The zero-order valence-electron chi connectivity index (χ0n) is 8.96. The largest absolute Gasteiger partial charge is 0.261 e. The summed E-state index contributed by atoms with van der Waals surface area (Å²) in [5.41, 5.74) is 3.68. The molecule has 0 spiro atoms. The third-order valence-electron chi connectivity index (χ3n) is 2.17. The van der Waals surface area contributed by atoms with Crippen LogP contribution in [-0.2, 0) is 6.42 Å². The molecule has 1 heteroatoms. The number of pyridine rings is 1. The highest BCUT2D eigenvalue weighted by atomic mass is 14.7. The van der Waals surface area contributed by atoms with E-state index < -0.39 is 0 Å². The molecule has 0 saturated heterocycles. The first kappa shape index (κ1) is 10.7. The van der Waals surface area contributed by atoms with E-state index in [1.165, 1.54) is 16.8 Å². The van der Waals surface area contributed by atoms with E-state index in [1.54, 1.807) is 0 Å². The molecule has 1 nitrogen and oxygen atoms in total. The molecule has 1 aliphatic carbocycles. The maximum absolute atomic E-state index is 4.33. The van der Waals surface area contributed by atoms with Crippen LogP contribution in [0.5, 0.6) is 0 Å². The van der Waals surface area contributed by atoms with Crippen molar-refractivity contribution in [3.8, 4) is 0 Å². The van der Waals surface area contributed by atoms with Gasteiger partial charge in [0, 0.05) is 17.5 Å². The van der Waals surface area contributed by atoms with Gasteiger partial charge in [-0.05, 0) is 24.5 Å². The van der Waals surface area contributed by atoms with Crippen molar-refractivity contribution in [3.63, 3.8) is 0 Å². The quantitative estimate of drug-likeness (QED) is 0.654. The number of nitrogens with zero attached hydrogens (tertiary/aromatic N) is 1. The Kier molecular flexibility index (Phi) is 4.11. The van der Waals surface area contributed by atoms with E-state index in [-0.39, 0.29) is 0 Å². The highest BCUT2D eigenvalue weighted by molar-refractivity contribution is 5.75. The summed E-state index contributed by atoms with van der Waals surface area (Å²) in [4.78, 5) is 4.33. The molecule has 1 heterocycles. The topological polar surface area (TPSA) is 12.9 Å². The van der Waals surface area contributed by atoms with Crippen molar-refractivity contribution < 1.29 is 0 Å². The first-order valence-corrected chi connectivity index (χ1v) is 5.18. The van der Waals surface area contributed by atoms with Crippen LogP contribution in [0, 0.1) is 0 Å². The van der Waals surface area contributed by atoms with Crippen LogP contribution in [0.4, 0.5) is 0 Å². The average Bonchev–Trinajstić information content (AvgIpc) is 2.31. The molecule has 1 aromatic heterocycles. The number of hydrogen-bond acceptors (Lipinski definition) is 1. The molecule has 0 bridgehead atoms. The van der Waals surface area contributed by atoms with Crippen LogP contribution in [0.1, 0.15) is 31.5 Å². The molecule has 0 aromatic carbocycles. The van der Waals surface area contributed by atoms with Crippen LogP contribution in [0.15, 0.2) is 37.1 Å². The number of fused-ring (bicyclic) bond motifs is 1. The molecular formula is C13H17N. The standard InChI is InChI=1S/C11H11N.C2H6/c1-2-9-5-3-7-11-10(9)6-4-8-12-11;1-2/h2,4-6,8H,1,3,7H2;1-2H3. The lowest BCUT2D eigenvalue weighted by molar-refractivity contribution is 0.922. The van der Waals surface area contributed by atoms with Crippen LogP contribution >= 0.6 is 0 Å². The van der Waals surface area contributed by atoms with Crippen molar-refractivity contribution in [2.24, 2.45) is 0 Å². The average molecular weight is 187 g/mol. The van der Waals surface area contributed by atoms with Gasteiger partial charge in [0.2, 0.25) is 0 Å². The summed E-state index contributed by atoms with van der Waals surface area (Å²) < 4.78 is 0. The fraction of sp³-hybridized carbons (Fsp3) is 0.308. The van der Waals surface area contributed by atoms with E-state index in [1.807, 2.05) is 32.2 Å². The first-order chi connectivity index (χ1) is 6.92. The molecule has 2 rings (SSSR count). The van der Waals surface area contributed by atoms with Crippen LogP contribution < -0.4 is 0 Å². The van der Waals surface area contributed by atoms with Gasteiger partial charge in [-0.1, -0.05) is 38.6 Å². The summed E-state index contributed by atoms with van der Waals surface area (Å²) in [6.45, 7) is 7.79. The first-order valence-electron chi connectivity index (χ1n) is 5.18. The second-order valence-electron chi connectivity index (χ2n) is 2.90. The highest BCUT2D eigenvalue weighted by Gasteiger charge is 2.09. The van der Waals surface area contributed by atoms with Crippen molar-refractivity contribution in [2.45, 2.75) is 26.7 Å². The van der Waals surface area contributed by atoms with E-state index in [0.29, 0.717) is 0 Å². The normalized spacial score (nSPS) is 13.1. The van der Waals surface area contributed by atoms with E-state index in [0.717, 1.165) is 12.8 Å². The van der Waals surface area contributed by atoms with E-state index in [2.05, 4.69) is 23.7 Å². The molecular weight excluding hydrogens is 170 g/mol. The van der Waals surface area contributed by atoms with Gasteiger partial charge in [-0.2, -0.15) is 0 Å². The molecule has 74 valence electrons. The molecule has 0 fully saturated rings. The molecule has 0 unspecified atom stereocenters. The van der Waals surface area contributed by atoms with Gasteiger partial charge in [0.05, 0.1) is 0 Å². The van der Waals surface area contributed by atoms with Crippen LogP contribution in [0.3, 0.4) is 0 Å².